The number of aromatic nitrogens is 2. The predicted molar refractivity (Wildman–Crippen MR) is 116 cm³/mol. The molecule has 1 amide bonds. The summed E-state index contributed by atoms with van der Waals surface area (Å²) in [6.07, 6.45) is 0. The molecule has 7 nitrogen and oxygen atoms in total. The molecule has 0 spiro atoms. The zero-order valence-electron chi connectivity index (χ0n) is 16.2. The van der Waals surface area contributed by atoms with Gasteiger partial charge in [-0.2, -0.15) is 5.10 Å². The second-order valence-corrected chi connectivity index (χ2v) is 8.29. The van der Waals surface area contributed by atoms with Crippen molar-refractivity contribution in [1.29, 1.82) is 0 Å². The number of nitrogens with one attached hydrogen (secondary N) is 1. The predicted octanol–water partition coefficient (Wildman–Crippen LogP) is 3.02. The Hall–Kier alpha value is -4.04. The van der Waals surface area contributed by atoms with Crippen molar-refractivity contribution in [2.75, 3.05) is 0 Å². The summed E-state index contributed by atoms with van der Waals surface area (Å²) in [7, 11) is -4.15. The van der Waals surface area contributed by atoms with Gasteiger partial charge >= 0.3 is 0 Å². The number of nitrogens with zero attached hydrogens (tertiary/aromatic N) is 2. The summed E-state index contributed by atoms with van der Waals surface area (Å²) >= 11 is 0. The van der Waals surface area contributed by atoms with Gasteiger partial charge in [0.1, 0.15) is 0 Å². The van der Waals surface area contributed by atoms with Crippen molar-refractivity contribution in [3.8, 4) is 16.9 Å². The van der Waals surface area contributed by atoms with Gasteiger partial charge < -0.3 is 0 Å². The van der Waals surface area contributed by atoms with Crippen molar-refractivity contribution in [2.45, 2.75) is 4.90 Å². The van der Waals surface area contributed by atoms with Crippen molar-refractivity contribution in [3.63, 3.8) is 0 Å². The van der Waals surface area contributed by atoms with E-state index in [1.54, 1.807) is 30.3 Å². The molecule has 4 rings (SSSR count). The zero-order valence-corrected chi connectivity index (χ0v) is 17.0. The standard InChI is InChI=1S/C23H17N3O4S/c27-21-16-20(17-10-4-1-5-11-17)26(18-12-6-2-7-13-18)24-22(21)23(28)25-31(29,30)19-14-8-3-9-15-19/h1-16H,(H,25,28). The van der Waals surface area contributed by atoms with Gasteiger partial charge in [0.25, 0.3) is 15.9 Å². The number of para-hydroxylation sites is 1. The lowest BCUT2D eigenvalue weighted by molar-refractivity contribution is 0.0974. The Bertz CT molecular complexity index is 1390. The molecular weight excluding hydrogens is 414 g/mol. The highest BCUT2D eigenvalue weighted by Gasteiger charge is 2.23. The van der Waals surface area contributed by atoms with Crippen molar-refractivity contribution in [3.05, 3.63) is 113 Å². The van der Waals surface area contributed by atoms with Crippen LogP contribution in [0.1, 0.15) is 10.5 Å². The minimum atomic E-state index is -4.15. The first-order valence-corrected chi connectivity index (χ1v) is 10.8. The molecule has 0 fully saturated rings. The monoisotopic (exact) mass is 431 g/mol. The van der Waals surface area contributed by atoms with Gasteiger partial charge in [0, 0.05) is 11.6 Å². The van der Waals surface area contributed by atoms with E-state index < -0.39 is 27.1 Å². The third kappa shape index (κ3) is 4.29. The molecule has 0 aliphatic heterocycles. The van der Waals surface area contributed by atoms with Gasteiger partial charge in [0.05, 0.1) is 16.3 Å². The summed E-state index contributed by atoms with van der Waals surface area (Å²) in [6.45, 7) is 0. The fourth-order valence-corrected chi connectivity index (χ4v) is 4.00. The van der Waals surface area contributed by atoms with Crippen LogP contribution in [0.25, 0.3) is 16.9 Å². The molecule has 8 heteroatoms. The Morgan fingerprint density at radius 2 is 1.35 bits per heavy atom. The first-order valence-electron chi connectivity index (χ1n) is 9.33. The molecule has 0 bridgehead atoms. The van der Waals surface area contributed by atoms with E-state index in [1.807, 2.05) is 41.1 Å². The smallest absolute Gasteiger partial charge is 0.287 e. The molecule has 0 aliphatic carbocycles. The van der Waals surface area contributed by atoms with Crippen LogP contribution in [0.3, 0.4) is 0 Å². The maximum absolute atomic E-state index is 12.7. The Morgan fingerprint density at radius 3 is 1.97 bits per heavy atom. The number of rotatable bonds is 5. The lowest BCUT2D eigenvalue weighted by Gasteiger charge is -2.14. The largest absolute Gasteiger partial charge is 0.289 e. The second kappa shape index (κ2) is 8.37. The topological polar surface area (TPSA) is 98.1 Å². The van der Waals surface area contributed by atoms with Gasteiger partial charge in [0.2, 0.25) is 5.43 Å². The molecule has 1 aromatic heterocycles. The van der Waals surface area contributed by atoms with Crippen LogP contribution in [-0.4, -0.2) is 24.1 Å². The lowest BCUT2D eigenvalue weighted by Crippen LogP contribution is -2.35. The van der Waals surface area contributed by atoms with E-state index in [4.69, 9.17) is 0 Å². The molecule has 3 aromatic carbocycles. The first kappa shape index (κ1) is 20.2. The highest BCUT2D eigenvalue weighted by molar-refractivity contribution is 7.90. The van der Waals surface area contributed by atoms with Gasteiger partial charge in [-0.25, -0.2) is 17.8 Å². The molecule has 0 aliphatic rings. The summed E-state index contributed by atoms with van der Waals surface area (Å²) in [5, 5.41) is 4.22. The van der Waals surface area contributed by atoms with Gasteiger partial charge in [-0.15, -0.1) is 0 Å². The summed E-state index contributed by atoms with van der Waals surface area (Å²) in [6, 6.07) is 26.8. The Balaban J connectivity index is 1.81. The normalized spacial score (nSPS) is 11.1. The van der Waals surface area contributed by atoms with E-state index in [0.717, 1.165) is 5.56 Å². The number of amides is 1. The minimum absolute atomic E-state index is 0.0901. The van der Waals surface area contributed by atoms with Crippen LogP contribution >= 0.6 is 0 Å². The van der Waals surface area contributed by atoms with E-state index >= 15 is 0 Å². The Labute approximate surface area is 178 Å². The van der Waals surface area contributed by atoms with E-state index in [2.05, 4.69) is 5.10 Å². The molecular formula is C23H17N3O4S. The molecule has 0 radical (unpaired) electrons. The molecule has 154 valence electrons. The fourth-order valence-electron chi connectivity index (χ4n) is 3.02. The fraction of sp³-hybridized carbons (Fsp3) is 0. The third-order valence-electron chi connectivity index (χ3n) is 4.50. The molecule has 0 saturated heterocycles. The van der Waals surface area contributed by atoms with E-state index in [-0.39, 0.29) is 4.90 Å². The number of hydrogen-bond donors (Lipinski definition) is 1. The van der Waals surface area contributed by atoms with Crippen LogP contribution < -0.4 is 10.2 Å². The van der Waals surface area contributed by atoms with Crippen molar-refractivity contribution in [1.82, 2.24) is 14.5 Å². The van der Waals surface area contributed by atoms with Gasteiger partial charge in [-0.1, -0.05) is 66.7 Å². The Morgan fingerprint density at radius 1 is 0.806 bits per heavy atom. The number of sulfonamides is 1. The first-order chi connectivity index (χ1) is 15.0. The second-order valence-electron chi connectivity index (χ2n) is 6.60. The molecule has 0 saturated carbocycles. The van der Waals surface area contributed by atoms with Crippen molar-refractivity contribution in [2.24, 2.45) is 0 Å². The van der Waals surface area contributed by atoms with Gasteiger partial charge in [0.15, 0.2) is 5.69 Å². The van der Waals surface area contributed by atoms with Crippen LogP contribution in [0.4, 0.5) is 0 Å². The molecule has 31 heavy (non-hydrogen) atoms. The summed E-state index contributed by atoms with van der Waals surface area (Å²) in [5.74, 6) is -1.10. The number of hydrogen-bond acceptors (Lipinski definition) is 5. The van der Waals surface area contributed by atoms with E-state index in [0.29, 0.717) is 11.4 Å². The van der Waals surface area contributed by atoms with Crippen molar-refractivity contribution < 1.29 is 13.2 Å². The number of carbonyl (C=O) groups is 1. The van der Waals surface area contributed by atoms with Crippen LogP contribution in [0.5, 0.6) is 0 Å². The summed E-state index contributed by atoms with van der Waals surface area (Å²) < 4.78 is 28.4. The number of benzene rings is 3. The SMILES string of the molecule is O=C(NS(=O)(=O)c1ccccc1)c1nn(-c2ccccc2)c(-c2ccccc2)cc1=O. The average molecular weight is 431 g/mol. The lowest BCUT2D eigenvalue weighted by atomic mass is 10.1. The minimum Gasteiger partial charge on any atom is -0.287 e. The molecule has 1 N–H and O–H groups in total. The maximum atomic E-state index is 12.7. The molecule has 0 unspecified atom stereocenters. The maximum Gasteiger partial charge on any atom is 0.289 e. The van der Waals surface area contributed by atoms with Crippen LogP contribution in [-0.2, 0) is 10.0 Å². The van der Waals surface area contributed by atoms with E-state index in [9.17, 15) is 18.0 Å². The third-order valence-corrected chi connectivity index (χ3v) is 5.84. The molecule has 1 heterocycles. The quantitative estimate of drug-likeness (QED) is 0.524. The average Bonchev–Trinajstić information content (AvgIpc) is 2.80. The highest BCUT2D eigenvalue weighted by Crippen LogP contribution is 2.20. The van der Waals surface area contributed by atoms with Crippen LogP contribution in [0, 0.1) is 0 Å². The number of carbonyl (C=O) groups excluding carboxylic acids is 1. The summed E-state index contributed by atoms with van der Waals surface area (Å²) in [4.78, 5) is 25.4. The van der Waals surface area contributed by atoms with Gasteiger partial charge in [-0.3, -0.25) is 9.59 Å². The van der Waals surface area contributed by atoms with Crippen LogP contribution in [0.2, 0.25) is 0 Å². The van der Waals surface area contributed by atoms with E-state index in [1.165, 1.54) is 35.0 Å². The van der Waals surface area contributed by atoms with Crippen LogP contribution in [0.15, 0.2) is 107 Å². The highest BCUT2D eigenvalue weighted by atomic mass is 32.2. The van der Waals surface area contributed by atoms with Gasteiger partial charge in [-0.05, 0) is 24.3 Å². The zero-order chi connectivity index (χ0) is 21.8. The van der Waals surface area contributed by atoms with Crippen molar-refractivity contribution >= 4 is 15.9 Å². The Kier molecular flexibility index (Phi) is 5.46. The molecule has 4 aromatic rings. The molecule has 0 atom stereocenters. The summed E-state index contributed by atoms with van der Waals surface area (Å²) in [5.41, 5.74) is 0.593.